The van der Waals surface area contributed by atoms with E-state index in [4.69, 9.17) is 0 Å². The monoisotopic (exact) mass is 215 g/mol. The fourth-order valence-electron chi connectivity index (χ4n) is 1.58. The number of sulfone groups is 1. The minimum Gasteiger partial charge on any atom is -0.336 e. The highest BCUT2D eigenvalue weighted by Gasteiger charge is 2.28. The number of nitrogens with one attached hydrogen (secondary N) is 1. The maximum Gasteiger partial charge on any atom is 0.157 e. The third-order valence-electron chi connectivity index (χ3n) is 2.42. The minimum atomic E-state index is -2.91. The number of rotatable bonds is 2. The average molecular weight is 215 g/mol. The molecule has 1 fully saturated rings. The smallest absolute Gasteiger partial charge is 0.157 e. The molecule has 0 aromatic carbocycles. The van der Waals surface area contributed by atoms with Gasteiger partial charge < -0.3 is 9.88 Å². The lowest BCUT2D eigenvalue weighted by atomic mass is 10.4. The molecule has 78 valence electrons. The van der Waals surface area contributed by atoms with Crippen LogP contribution in [0, 0.1) is 0 Å². The lowest BCUT2D eigenvalue weighted by molar-refractivity contribution is 0.516. The van der Waals surface area contributed by atoms with Crippen molar-refractivity contribution in [2.45, 2.75) is 11.8 Å². The molecule has 1 aromatic heterocycles. The lowest BCUT2D eigenvalue weighted by Gasteiger charge is -2.23. The molecule has 1 unspecified atom stereocenters. The van der Waals surface area contributed by atoms with Crippen LogP contribution in [0.4, 0.5) is 0 Å². The van der Waals surface area contributed by atoms with Crippen molar-refractivity contribution in [3.63, 3.8) is 0 Å². The molecule has 2 rings (SSSR count). The van der Waals surface area contributed by atoms with Gasteiger partial charge in [0.15, 0.2) is 9.84 Å². The van der Waals surface area contributed by atoms with Crippen molar-refractivity contribution in [1.82, 2.24) is 14.9 Å². The van der Waals surface area contributed by atoms with Gasteiger partial charge in [-0.3, -0.25) is 0 Å². The molecule has 2 heterocycles. The maximum absolute atomic E-state index is 11.6. The second kappa shape index (κ2) is 3.70. The summed E-state index contributed by atoms with van der Waals surface area (Å²) in [6.07, 6.45) is 5.08. The van der Waals surface area contributed by atoms with Crippen LogP contribution in [0.15, 0.2) is 18.7 Å². The molecule has 1 aliphatic heterocycles. The molecule has 0 radical (unpaired) electrons. The molecule has 1 N–H and O–H groups in total. The largest absolute Gasteiger partial charge is 0.336 e. The van der Waals surface area contributed by atoms with E-state index >= 15 is 0 Å². The Hall–Kier alpha value is -0.880. The highest BCUT2D eigenvalue weighted by molar-refractivity contribution is 7.92. The van der Waals surface area contributed by atoms with Gasteiger partial charge in [-0.05, 0) is 0 Å². The standard InChI is InChI=1S/C8H13N3O2S/c12-14(13)4-2-9-5-8(14)6-11-3-1-10-7-11/h1,3,7-9H,2,4-6H2. The molecule has 0 saturated carbocycles. The molecule has 1 atom stereocenters. The first-order valence-electron chi connectivity index (χ1n) is 4.56. The first kappa shape index (κ1) is 9.67. The summed E-state index contributed by atoms with van der Waals surface area (Å²) in [6.45, 7) is 1.61. The molecule has 1 aliphatic rings. The van der Waals surface area contributed by atoms with Crippen LogP contribution in [0.25, 0.3) is 0 Å². The van der Waals surface area contributed by atoms with Gasteiger partial charge in [0.25, 0.3) is 0 Å². The number of imidazole rings is 1. The van der Waals surface area contributed by atoms with E-state index in [0.717, 1.165) is 0 Å². The van der Waals surface area contributed by atoms with Crippen LogP contribution in [0.2, 0.25) is 0 Å². The summed E-state index contributed by atoms with van der Waals surface area (Å²) in [4.78, 5) is 3.88. The zero-order chi connectivity index (χ0) is 10.0. The Bertz CT molecular complexity index is 385. The Morgan fingerprint density at radius 1 is 1.57 bits per heavy atom. The lowest BCUT2D eigenvalue weighted by Crippen LogP contribution is -2.45. The Kier molecular flexibility index (Phi) is 2.56. The SMILES string of the molecule is O=S1(=O)CCNCC1Cn1ccnc1. The van der Waals surface area contributed by atoms with Gasteiger partial charge in [0, 0.05) is 32.0 Å². The molecular formula is C8H13N3O2S. The summed E-state index contributed by atoms with van der Waals surface area (Å²) in [5.41, 5.74) is 0. The second-order valence-electron chi connectivity index (χ2n) is 3.45. The van der Waals surface area contributed by atoms with Crippen molar-refractivity contribution >= 4 is 9.84 Å². The van der Waals surface area contributed by atoms with Crippen LogP contribution < -0.4 is 5.32 Å². The van der Waals surface area contributed by atoms with Crippen LogP contribution in [-0.4, -0.2) is 42.1 Å². The van der Waals surface area contributed by atoms with E-state index in [2.05, 4.69) is 10.3 Å². The second-order valence-corrected chi connectivity index (χ2v) is 5.85. The van der Waals surface area contributed by atoms with Gasteiger partial charge in [-0.25, -0.2) is 13.4 Å². The summed E-state index contributed by atoms with van der Waals surface area (Å²) in [5, 5.41) is 2.78. The van der Waals surface area contributed by atoms with Gasteiger partial charge in [-0.15, -0.1) is 0 Å². The molecule has 6 heteroatoms. The van der Waals surface area contributed by atoms with Crippen LogP contribution in [0.1, 0.15) is 0 Å². The summed E-state index contributed by atoms with van der Waals surface area (Å²) >= 11 is 0. The molecule has 0 spiro atoms. The van der Waals surface area contributed by atoms with Crippen LogP contribution in [0.3, 0.4) is 0 Å². The van der Waals surface area contributed by atoms with Gasteiger partial charge in [0.05, 0.1) is 17.3 Å². The topological polar surface area (TPSA) is 64.0 Å². The minimum absolute atomic E-state index is 0.242. The van der Waals surface area contributed by atoms with Crippen molar-refractivity contribution in [1.29, 1.82) is 0 Å². The van der Waals surface area contributed by atoms with Crippen LogP contribution in [0.5, 0.6) is 0 Å². The summed E-state index contributed by atoms with van der Waals surface area (Å²) < 4.78 is 25.1. The van der Waals surface area contributed by atoms with Gasteiger partial charge >= 0.3 is 0 Å². The predicted octanol–water partition coefficient (Wildman–Crippen LogP) is -0.730. The summed E-state index contributed by atoms with van der Waals surface area (Å²) in [5.74, 6) is 0.242. The van der Waals surface area contributed by atoms with Crippen LogP contribution in [-0.2, 0) is 16.4 Å². The van der Waals surface area contributed by atoms with E-state index < -0.39 is 9.84 Å². The molecule has 0 amide bonds. The van der Waals surface area contributed by atoms with E-state index in [1.54, 1.807) is 23.3 Å². The van der Waals surface area contributed by atoms with Gasteiger partial charge in [0.1, 0.15) is 0 Å². The fourth-order valence-corrected chi connectivity index (χ4v) is 3.11. The Morgan fingerprint density at radius 3 is 3.07 bits per heavy atom. The normalized spacial score (nSPS) is 26.1. The van der Waals surface area contributed by atoms with E-state index in [9.17, 15) is 8.42 Å². The fraction of sp³-hybridized carbons (Fsp3) is 0.625. The third-order valence-corrected chi connectivity index (χ3v) is 4.52. The highest BCUT2D eigenvalue weighted by atomic mass is 32.2. The van der Waals surface area contributed by atoms with E-state index in [0.29, 0.717) is 19.6 Å². The Morgan fingerprint density at radius 2 is 2.43 bits per heavy atom. The van der Waals surface area contributed by atoms with Crippen molar-refractivity contribution in [2.24, 2.45) is 0 Å². The first-order valence-corrected chi connectivity index (χ1v) is 6.28. The van der Waals surface area contributed by atoms with E-state index in [-0.39, 0.29) is 11.0 Å². The zero-order valence-electron chi connectivity index (χ0n) is 7.76. The summed E-state index contributed by atoms with van der Waals surface area (Å²) in [7, 11) is -2.91. The molecule has 0 aliphatic carbocycles. The molecule has 14 heavy (non-hydrogen) atoms. The first-order chi connectivity index (χ1) is 6.68. The molecular weight excluding hydrogens is 202 g/mol. The van der Waals surface area contributed by atoms with Crippen molar-refractivity contribution in [3.8, 4) is 0 Å². The van der Waals surface area contributed by atoms with Gasteiger partial charge in [0.2, 0.25) is 0 Å². The Labute approximate surface area is 83.1 Å². The number of aromatic nitrogens is 2. The van der Waals surface area contributed by atoms with Crippen LogP contribution >= 0.6 is 0 Å². The maximum atomic E-state index is 11.6. The van der Waals surface area contributed by atoms with Gasteiger partial charge in [-0.2, -0.15) is 0 Å². The molecule has 0 bridgehead atoms. The van der Waals surface area contributed by atoms with E-state index in [1.807, 2.05) is 0 Å². The number of hydrogen-bond donors (Lipinski definition) is 1. The predicted molar refractivity (Wildman–Crippen MR) is 52.7 cm³/mol. The van der Waals surface area contributed by atoms with Crippen molar-refractivity contribution < 1.29 is 8.42 Å². The molecule has 5 nitrogen and oxygen atoms in total. The number of nitrogens with zero attached hydrogens (tertiary/aromatic N) is 2. The summed E-state index contributed by atoms with van der Waals surface area (Å²) in [6, 6.07) is 0. The Balaban J connectivity index is 2.10. The highest BCUT2D eigenvalue weighted by Crippen LogP contribution is 2.08. The third kappa shape index (κ3) is 1.96. The molecule has 1 saturated heterocycles. The van der Waals surface area contributed by atoms with Crippen molar-refractivity contribution in [2.75, 3.05) is 18.8 Å². The average Bonchev–Trinajstić information content (AvgIpc) is 2.61. The van der Waals surface area contributed by atoms with E-state index in [1.165, 1.54) is 0 Å². The molecule has 1 aromatic rings. The number of hydrogen-bond acceptors (Lipinski definition) is 4. The zero-order valence-corrected chi connectivity index (χ0v) is 8.57. The van der Waals surface area contributed by atoms with Gasteiger partial charge in [-0.1, -0.05) is 0 Å². The van der Waals surface area contributed by atoms with Crippen molar-refractivity contribution in [3.05, 3.63) is 18.7 Å². The quantitative estimate of drug-likeness (QED) is 0.706.